The lowest BCUT2D eigenvalue weighted by Gasteiger charge is -2.31. The standard InChI is InChI=1S/C12H19F3N2O3S/c13-12(14,15)11-4-1-3-10(11)7-17(8-11)21(19,20)6-2-5-16-9-18/h9-10H,1-8H2,(H,16,18)/t10-,11-/m0/s1. The molecule has 2 aliphatic rings. The first kappa shape index (κ1) is 16.5. The van der Waals surface area contributed by atoms with Crippen molar-refractivity contribution in [3.63, 3.8) is 0 Å². The Bertz CT molecular complexity index is 494. The number of alkyl halides is 3. The number of amides is 1. The second-order valence-electron chi connectivity index (χ2n) is 5.78. The van der Waals surface area contributed by atoms with Crippen molar-refractivity contribution in [3.8, 4) is 0 Å². The third-order valence-corrected chi connectivity index (χ3v) is 6.47. The lowest BCUT2D eigenvalue weighted by Crippen LogP contribution is -2.43. The third-order valence-electron chi connectivity index (χ3n) is 4.60. The highest BCUT2D eigenvalue weighted by atomic mass is 32.2. The van der Waals surface area contributed by atoms with Crippen molar-refractivity contribution in [3.05, 3.63) is 0 Å². The average Bonchev–Trinajstić information content (AvgIpc) is 2.91. The van der Waals surface area contributed by atoms with Crippen LogP contribution in [0.2, 0.25) is 0 Å². The fraction of sp³-hybridized carbons (Fsp3) is 0.917. The van der Waals surface area contributed by atoms with Crippen LogP contribution >= 0.6 is 0 Å². The molecule has 1 saturated carbocycles. The highest BCUT2D eigenvalue weighted by molar-refractivity contribution is 7.89. The molecule has 1 saturated heterocycles. The van der Waals surface area contributed by atoms with Crippen LogP contribution in [-0.2, 0) is 14.8 Å². The molecule has 0 radical (unpaired) electrons. The highest BCUT2D eigenvalue weighted by Gasteiger charge is 2.65. The Kier molecular flexibility index (Phi) is 4.53. The summed E-state index contributed by atoms with van der Waals surface area (Å²) in [6.07, 6.45) is -2.76. The van der Waals surface area contributed by atoms with E-state index in [1.807, 2.05) is 0 Å². The summed E-state index contributed by atoms with van der Waals surface area (Å²) in [7, 11) is -3.70. The Balaban J connectivity index is 2.05. The van der Waals surface area contributed by atoms with Gasteiger partial charge < -0.3 is 5.32 Å². The number of hydrogen-bond acceptors (Lipinski definition) is 3. The topological polar surface area (TPSA) is 66.5 Å². The molecular formula is C12H19F3N2O3S. The summed E-state index contributed by atoms with van der Waals surface area (Å²) in [5, 5.41) is 2.34. The minimum atomic E-state index is -4.36. The highest BCUT2D eigenvalue weighted by Crippen LogP contribution is 2.58. The molecule has 0 aromatic carbocycles. The molecule has 21 heavy (non-hydrogen) atoms. The third kappa shape index (κ3) is 3.03. The first-order valence-corrected chi connectivity index (χ1v) is 8.55. The molecule has 0 aromatic heterocycles. The van der Waals surface area contributed by atoms with Crippen LogP contribution in [0.1, 0.15) is 25.7 Å². The molecule has 0 bridgehead atoms. The SMILES string of the molecule is O=CNCCCS(=O)(=O)N1C[C@@H]2CCC[C@]2(C(F)(F)F)C1. The number of nitrogens with one attached hydrogen (secondary N) is 1. The molecule has 9 heteroatoms. The van der Waals surface area contributed by atoms with E-state index < -0.39 is 34.1 Å². The van der Waals surface area contributed by atoms with E-state index in [1.165, 1.54) is 0 Å². The molecule has 0 spiro atoms. The molecule has 0 unspecified atom stereocenters. The Morgan fingerprint density at radius 1 is 1.38 bits per heavy atom. The van der Waals surface area contributed by atoms with Gasteiger partial charge in [0.2, 0.25) is 16.4 Å². The number of hydrogen-bond donors (Lipinski definition) is 1. The van der Waals surface area contributed by atoms with Crippen molar-refractivity contribution in [1.82, 2.24) is 9.62 Å². The molecule has 0 aromatic rings. The minimum absolute atomic E-state index is 0.0138. The number of carbonyl (C=O) groups excluding carboxylic acids is 1. The zero-order valence-electron chi connectivity index (χ0n) is 11.5. The number of rotatable bonds is 6. The van der Waals surface area contributed by atoms with Gasteiger partial charge in [0.25, 0.3) is 0 Å². The van der Waals surface area contributed by atoms with E-state index in [9.17, 15) is 26.4 Å². The summed E-state index contributed by atoms with van der Waals surface area (Å²) in [6, 6.07) is 0. The Morgan fingerprint density at radius 3 is 2.67 bits per heavy atom. The smallest absolute Gasteiger partial charge is 0.359 e. The largest absolute Gasteiger partial charge is 0.396 e. The maximum atomic E-state index is 13.4. The second-order valence-corrected chi connectivity index (χ2v) is 7.87. The van der Waals surface area contributed by atoms with Crippen LogP contribution < -0.4 is 5.32 Å². The van der Waals surface area contributed by atoms with Gasteiger partial charge in [0.1, 0.15) is 0 Å². The number of fused-ring (bicyclic) bond motifs is 1. The van der Waals surface area contributed by atoms with Crippen molar-refractivity contribution in [2.24, 2.45) is 11.3 Å². The average molecular weight is 328 g/mol. The van der Waals surface area contributed by atoms with E-state index >= 15 is 0 Å². The van der Waals surface area contributed by atoms with Gasteiger partial charge in [-0.15, -0.1) is 0 Å². The maximum absolute atomic E-state index is 13.4. The van der Waals surface area contributed by atoms with E-state index in [1.54, 1.807) is 0 Å². The molecule has 2 fully saturated rings. The molecule has 2 rings (SSSR count). The zero-order valence-corrected chi connectivity index (χ0v) is 12.3. The van der Waals surface area contributed by atoms with Gasteiger partial charge in [0.05, 0.1) is 11.2 Å². The van der Waals surface area contributed by atoms with Gasteiger partial charge in [-0.3, -0.25) is 4.79 Å². The van der Waals surface area contributed by atoms with Crippen LogP contribution in [0.4, 0.5) is 13.2 Å². The van der Waals surface area contributed by atoms with Gasteiger partial charge in [-0.25, -0.2) is 12.7 Å². The van der Waals surface area contributed by atoms with Gasteiger partial charge >= 0.3 is 6.18 Å². The number of halogens is 3. The molecule has 5 nitrogen and oxygen atoms in total. The van der Waals surface area contributed by atoms with E-state index in [0.29, 0.717) is 19.3 Å². The summed E-state index contributed by atoms with van der Waals surface area (Å²) in [6.45, 7) is -0.294. The monoisotopic (exact) mass is 328 g/mol. The van der Waals surface area contributed by atoms with Crippen LogP contribution in [0, 0.1) is 11.3 Å². The zero-order chi connectivity index (χ0) is 15.7. The maximum Gasteiger partial charge on any atom is 0.396 e. The van der Waals surface area contributed by atoms with Crippen molar-refractivity contribution >= 4 is 16.4 Å². The van der Waals surface area contributed by atoms with E-state index in [0.717, 1.165) is 4.31 Å². The molecule has 1 amide bonds. The van der Waals surface area contributed by atoms with Crippen LogP contribution in [-0.4, -0.2) is 50.7 Å². The van der Waals surface area contributed by atoms with Gasteiger partial charge in [0, 0.05) is 19.6 Å². The normalized spacial score (nSPS) is 30.3. The van der Waals surface area contributed by atoms with Gasteiger partial charge in [-0.2, -0.15) is 13.2 Å². The number of nitrogens with zero attached hydrogens (tertiary/aromatic N) is 1. The summed E-state index contributed by atoms with van der Waals surface area (Å²) in [5.41, 5.74) is -1.86. The summed E-state index contributed by atoms with van der Waals surface area (Å²) in [5.74, 6) is -0.866. The van der Waals surface area contributed by atoms with Gasteiger partial charge in [-0.1, -0.05) is 6.42 Å². The lowest BCUT2D eigenvalue weighted by molar-refractivity contribution is -0.225. The Labute approximate surface area is 121 Å². The Hall–Kier alpha value is -0.830. The van der Waals surface area contributed by atoms with Crippen LogP contribution in [0.25, 0.3) is 0 Å². The summed E-state index contributed by atoms with van der Waals surface area (Å²) < 4.78 is 65.3. The molecule has 2 atom stereocenters. The molecule has 122 valence electrons. The van der Waals surface area contributed by atoms with Crippen molar-refractivity contribution < 1.29 is 26.4 Å². The van der Waals surface area contributed by atoms with Crippen LogP contribution in [0.5, 0.6) is 0 Å². The van der Waals surface area contributed by atoms with Gasteiger partial charge in [0.15, 0.2) is 0 Å². The fourth-order valence-corrected chi connectivity index (χ4v) is 5.06. The predicted molar refractivity (Wildman–Crippen MR) is 69.9 cm³/mol. The van der Waals surface area contributed by atoms with Crippen molar-refractivity contribution in [2.45, 2.75) is 31.9 Å². The molecular weight excluding hydrogens is 309 g/mol. The number of sulfonamides is 1. The first-order valence-electron chi connectivity index (χ1n) is 6.94. The summed E-state index contributed by atoms with van der Waals surface area (Å²) in [4.78, 5) is 10.1. The molecule has 1 aliphatic carbocycles. The lowest BCUT2D eigenvalue weighted by atomic mass is 9.80. The summed E-state index contributed by atoms with van der Waals surface area (Å²) >= 11 is 0. The van der Waals surface area contributed by atoms with Gasteiger partial charge in [-0.05, 0) is 25.2 Å². The Morgan fingerprint density at radius 2 is 2.10 bits per heavy atom. The van der Waals surface area contributed by atoms with Crippen molar-refractivity contribution in [1.29, 1.82) is 0 Å². The fourth-order valence-electron chi connectivity index (χ4n) is 3.46. The van der Waals surface area contributed by atoms with Crippen LogP contribution in [0.3, 0.4) is 0 Å². The predicted octanol–water partition coefficient (Wildman–Crippen LogP) is 1.12. The molecule has 1 heterocycles. The quantitative estimate of drug-likeness (QED) is 0.587. The second kappa shape index (κ2) is 5.75. The number of carbonyl (C=O) groups is 1. The molecule has 1 N–H and O–H groups in total. The minimum Gasteiger partial charge on any atom is -0.359 e. The molecule has 1 aliphatic heterocycles. The van der Waals surface area contributed by atoms with E-state index in [-0.39, 0.29) is 31.7 Å². The van der Waals surface area contributed by atoms with Crippen LogP contribution in [0.15, 0.2) is 0 Å². The van der Waals surface area contributed by atoms with E-state index in [2.05, 4.69) is 5.32 Å². The first-order chi connectivity index (χ1) is 9.73. The van der Waals surface area contributed by atoms with Crippen molar-refractivity contribution in [2.75, 3.05) is 25.4 Å². The van der Waals surface area contributed by atoms with E-state index in [4.69, 9.17) is 0 Å².